The van der Waals surface area contributed by atoms with E-state index in [-0.39, 0.29) is 11.1 Å². The maximum Gasteiger partial charge on any atom is 0.433 e. The highest BCUT2D eigenvalue weighted by molar-refractivity contribution is 8.00. The van der Waals surface area contributed by atoms with E-state index in [0.29, 0.717) is 0 Å². The van der Waals surface area contributed by atoms with Crippen LogP contribution in [0.3, 0.4) is 0 Å². The fraction of sp³-hybridized carbons (Fsp3) is 0.500. The van der Waals surface area contributed by atoms with Gasteiger partial charge in [0.25, 0.3) is 0 Å². The molecular weight excluding hydrogens is 267 g/mol. The minimum Gasteiger partial charge on any atom is -0.348 e. The van der Waals surface area contributed by atoms with E-state index in [4.69, 9.17) is 0 Å². The summed E-state index contributed by atoms with van der Waals surface area (Å²) in [7, 11) is 3.15. The zero-order valence-electron chi connectivity index (χ0n) is 10.0. The van der Waals surface area contributed by atoms with Gasteiger partial charge in [-0.1, -0.05) is 11.8 Å². The van der Waals surface area contributed by atoms with Crippen LogP contribution in [-0.2, 0) is 11.0 Å². The highest BCUT2D eigenvalue weighted by Gasteiger charge is 2.33. The summed E-state index contributed by atoms with van der Waals surface area (Å²) >= 11 is 0.897. The van der Waals surface area contributed by atoms with Crippen LogP contribution in [-0.4, -0.2) is 40.1 Å². The Bertz CT molecular complexity index is 437. The Hall–Kier alpha value is -1.31. The lowest BCUT2D eigenvalue weighted by Crippen LogP contribution is -2.29. The van der Waals surface area contributed by atoms with E-state index in [1.807, 2.05) is 0 Å². The van der Waals surface area contributed by atoms with E-state index in [2.05, 4.69) is 9.97 Å². The first-order valence-corrected chi connectivity index (χ1v) is 5.88. The van der Waals surface area contributed by atoms with E-state index in [0.717, 1.165) is 24.0 Å². The lowest BCUT2D eigenvalue weighted by Gasteiger charge is -2.15. The number of nitrogens with zero attached hydrogens (tertiary/aromatic N) is 3. The highest BCUT2D eigenvalue weighted by atomic mass is 32.2. The second kappa shape index (κ2) is 5.55. The molecule has 1 atom stereocenters. The molecule has 0 saturated heterocycles. The van der Waals surface area contributed by atoms with E-state index in [1.54, 1.807) is 21.0 Å². The third-order valence-corrected chi connectivity index (χ3v) is 2.96. The second-order valence-electron chi connectivity index (χ2n) is 3.71. The van der Waals surface area contributed by atoms with Crippen LogP contribution in [0.2, 0.25) is 0 Å². The van der Waals surface area contributed by atoms with Crippen molar-refractivity contribution in [2.45, 2.75) is 23.5 Å². The number of amides is 1. The number of carbonyl (C=O) groups excluding carboxylic acids is 1. The fourth-order valence-electron chi connectivity index (χ4n) is 1.13. The van der Waals surface area contributed by atoms with Gasteiger partial charge in [-0.15, -0.1) is 0 Å². The molecule has 0 bridgehead atoms. The minimum absolute atomic E-state index is 0.0625. The maximum atomic E-state index is 12.4. The normalized spacial score (nSPS) is 13.2. The Morgan fingerprint density at radius 1 is 1.44 bits per heavy atom. The SMILES string of the molecule is C[C@@H](Sc1nccc(C(F)(F)F)n1)C(=O)N(C)C. The minimum atomic E-state index is -4.51. The molecule has 0 unspecified atom stereocenters. The van der Waals surface area contributed by atoms with Crippen molar-refractivity contribution in [1.82, 2.24) is 14.9 Å². The van der Waals surface area contributed by atoms with Crippen LogP contribution >= 0.6 is 11.8 Å². The molecule has 8 heteroatoms. The molecule has 100 valence electrons. The van der Waals surface area contributed by atoms with Crippen molar-refractivity contribution in [2.24, 2.45) is 0 Å². The number of rotatable bonds is 3. The van der Waals surface area contributed by atoms with Gasteiger partial charge in [0.15, 0.2) is 5.16 Å². The molecule has 0 N–H and O–H groups in total. The summed E-state index contributed by atoms with van der Waals surface area (Å²) in [5, 5.41) is -0.601. The highest BCUT2D eigenvalue weighted by Crippen LogP contribution is 2.29. The van der Waals surface area contributed by atoms with E-state index in [1.165, 1.54) is 4.90 Å². The molecule has 1 aromatic heterocycles. The molecule has 0 aliphatic heterocycles. The standard InChI is InChI=1S/C10H12F3N3OS/c1-6(8(17)16(2)3)18-9-14-5-4-7(15-9)10(11,12)13/h4-6H,1-3H3/t6-/m1/s1. The van der Waals surface area contributed by atoms with Gasteiger partial charge < -0.3 is 4.90 Å². The number of carbonyl (C=O) groups is 1. The van der Waals surface area contributed by atoms with Crippen molar-refractivity contribution in [3.8, 4) is 0 Å². The Labute approximate surface area is 107 Å². The molecule has 0 aliphatic carbocycles. The summed E-state index contributed by atoms with van der Waals surface area (Å²) in [4.78, 5) is 20.0. The first kappa shape index (κ1) is 14.7. The summed E-state index contributed by atoms with van der Waals surface area (Å²) in [5.41, 5.74) is -1.01. The summed E-state index contributed by atoms with van der Waals surface area (Å²) in [5.74, 6) is -0.207. The molecule has 1 aromatic rings. The largest absolute Gasteiger partial charge is 0.433 e. The summed E-state index contributed by atoms with van der Waals surface area (Å²) in [6.07, 6.45) is -3.47. The van der Waals surface area contributed by atoms with Gasteiger partial charge in [-0.25, -0.2) is 9.97 Å². The van der Waals surface area contributed by atoms with Crippen molar-refractivity contribution < 1.29 is 18.0 Å². The smallest absolute Gasteiger partial charge is 0.348 e. The summed E-state index contributed by atoms with van der Waals surface area (Å²) in [6.45, 7) is 1.59. The molecule has 4 nitrogen and oxygen atoms in total. The van der Waals surface area contributed by atoms with Crippen molar-refractivity contribution in [2.75, 3.05) is 14.1 Å². The Kier molecular flexibility index (Phi) is 4.55. The zero-order valence-corrected chi connectivity index (χ0v) is 10.8. The van der Waals surface area contributed by atoms with Crippen LogP contribution in [0.1, 0.15) is 12.6 Å². The predicted octanol–water partition coefficient (Wildman–Crippen LogP) is 2.06. The molecule has 1 rings (SSSR count). The van der Waals surface area contributed by atoms with Gasteiger partial charge in [-0.2, -0.15) is 13.2 Å². The number of halogens is 3. The molecule has 18 heavy (non-hydrogen) atoms. The molecule has 0 saturated carbocycles. The maximum absolute atomic E-state index is 12.4. The second-order valence-corrected chi connectivity index (χ2v) is 5.02. The third-order valence-electron chi connectivity index (χ3n) is 1.99. The summed E-state index contributed by atoms with van der Waals surface area (Å²) < 4.78 is 37.3. The molecule has 1 heterocycles. The Morgan fingerprint density at radius 3 is 2.56 bits per heavy atom. The first-order chi connectivity index (χ1) is 8.21. The Balaban J connectivity index is 2.83. The van der Waals surface area contributed by atoms with Crippen LogP contribution in [0.4, 0.5) is 13.2 Å². The number of alkyl halides is 3. The average molecular weight is 279 g/mol. The molecule has 0 aromatic carbocycles. The molecule has 0 fully saturated rings. The van der Waals surface area contributed by atoms with Crippen LogP contribution in [0.25, 0.3) is 0 Å². The van der Waals surface area contributed by atoms with Crippen molar-refractivity contribution in [1.29, 1.82) is 0 Å². The topological polar surface area (TPSA) is 46.1 Å². The summed E-state index contributed by atoms with van der Waals surface area (Å²) in [6, 6.07) is 0.794. The van der Waals surface area contributed by atoms with Gasteiger partial charge >= 0.3 is 6.18 Å². The average Bonchev–Trinajstić information content (AvgIpc) is 2.27. The fourth-order valence-corrected chi connectivity index (χ4v) is 2.03. The third kappa shape index (κ3) is 3.86. The zero-order chi connectivity index (χ0) is 13.9. The van der Waals surface area contributed by atoms with Crippen molar-refractivity contribution in [3.63, 3.8) is 0 Å². The van der Waals surface area contributed by atoms with Gasteiger partial charge in [-0.3, -0.25) is 4.79 Å². The van der Waals surface area contributed by atoms with Crippen molar-refractivity contribution >= 4 is 17.7 Å². The van der Waals surface area contributed by atoms with E-state index >= 15 is 0 Å². The quantitative estimate of drug-likeness (QED) is 0.627. The number of thioether (sulfide) groups is 1. The molecule has 0 radical (unpaired) electrons. The van der Waals surface area contributed by atoms with Gasteiger partial charge in [-0.05, 0) is 13.0 Å². The molecule has 1 amide bonds. The monoisotopic (exact) mass is 279 g/mol. The van der Waals surface area contributed by atoms with Gasteiger partial charge in [0.1, 0.15) is 5.69 Å². The van der Waals surface area contributed by atoms with Crippen molar-refractivity contribution in [3.05, 3.63) is 18.0 Å². The Morgan fingerprint density at radius 2 is 2.06 bits per heavy atom. The van der Waals surface area contributed by atoms with E-state index in [9.17, 15) is 18.0 Å². The lowest BCUT2D eigenvalue weighted by molar-refractivity contribution is -0.141. The van der Waals surface area contributed by atoms with Gasteiger partial charge in [0.05, 0.1) is 5.25 Å². The van der Waals surface area contributed by atoms with Crippen LogP contribution in [0.15, 0.2) is 17.4 Å². The number of hydrogen-bond acceptors (Lipinski definition) is 4. The number of aromatic nitrogens is 2. The van der Waals surface area contributed by atoms with Crippen LogP contribution in [0.5, 0.6) is 0 Å². The van der Waals surface area contributed by atoms with E-state index < -0.39 is 17.1 Å². The molecular formula is C10H12F3N3OS. The van der Waals surface area contributed by atoms with Gasteiger partial charge in [0.2, 0.25) is 5.91 Å². The lowest BCUT2D eigenvalue weighted by atomic mass is 10.4. The van der Waals surface area contributed by atoms with Crippen LogP contribution in [0, 0.1) is 0 Å². The molecule has 0 aliphatic rings. The van der Waals surface area contributed by atoms with Gasteiger partial charge in [0, 0.05) is 20.3 Å². The molecule has 0 spiro atoms. The predicted molar refractivity (Wildman–Crippen MR) is 61.0 cm³/mol. The van der Waals surface area contributed by atoms with Crippen LogP contribution < -0.4 is 0 Å². The number of hydrogen-bond donors (Lipinski definition) is 0. The first-order valence-electron chi connectivity index (χ1n) is 5.00.